The van der Waals surface area contributed by atoms with Gasteiger partial charge in [0.15, 0.2) is 5.65 Å². The summed E-state index contributed by atoms with van der Waals surface area (Å²) in [5.41, 5.74) is 4.15. The summed E-state index contributed by atoms with van der Waals surface area (Å²) in [7, 11) is 0. The number of nitrogens with one attached hydrogen (secondary N) is 3. The van der Waals surface area contributed by atoms with Gasteiger partial charge >= 0.3 is 0 Å². The Balaban J connectivity index is 1.37. The van der Waals surface area contributed by atoms with Gasteiger partial charge in [-0.2, -0.15) is 19.7 Å². The molecule has 3 aromatic heterocycles. The van der Waals surface area contributed by atoms with E-state index in [2.05, 4.69) is 52.1 Å². The van der Waals surface area contributed by atoms with E-state index in [1.165, 1.54) is 6.42 Å². The van der Waals surface area contributed by atoms with Crippen LogP contribution in [0.2, 0.25) is 0 Å². The van der Waals surface area contributed by atoms with E-state index in [0.29, 0.717) is 25.0 Å². The van der Waals surface area contributed by atoms with Gasteiger partial charge in [0.2, 0.25) is 5.95 Å². The van der Waals surface area contributed by atoms with Crippen LogP contribution >= 0.6 is 0 Å². The molecule has 9 heteroatoms. The first-order valence-corrected chi connectivity index (χ1v) is 11.7. The molecule has 0 spiro atoms. The number of anilines is 1. The fourth-order valence-corrected chi connectivity index (χ4v) is 4.07. The van der Waals surface area contributed by atoms with Crippen LogP contribution in [0.3, 0.4) is 0 Å². The predicted molar refractivity (Wildman–Crippen MR) is 128 cm³/mol. The first kappa shape index (κ1) is 21.5. The van der Waals surface area contributed by atoms with Crippen molar-refractivity contribution in [3.05, 3.63) is 65.9 Å². The molecule has 0 unspecified atom stereocenters. The number of aromatic nitrogens is 6. The average molecular weight is 446 g/mol. The first-order valence-electron chi connectivity index (χ1n) is 11.7. The van der Waals surface area contributed by atoms with Crippen LogP contribution in [0, 0.1) is 5.92 Å². The maximum absolute atomic E-state index is 4.84. The quantitative estimate of drug-likeness (QED) is 0.323. The monoisotopic (exact) mass is 445 g/mol. The topological polar surface area (TPSA) is 97.0 Å². The van der Waals surface area contributed by atoms with Gasteiger partial charge < -0.3 is 16.0 Å². The molecule has 0 amide bonds. The van der Waals surface area contributed by atoms with E-state index in [0.717, 1.165) is 53.8 Å². The van der Waals surface area contributed by atoms with E-state index < -0.39 is 0 Å². The van der Waals surface area contributed by atoms with Gasteiger partial charge in [0.1, 0.15) is 5.82 Å². The lowest BCUT2D eigenvalue weighted by Crippen LogP contribution is -2.43. The van der Waals surface area contributed by atoms with Gasteiger partial charge in [-0.1, -0.05) is 32.0 Å². The lowest BCUT2D eigenvalue weighted by molar-refractivity contribution is 0.322. The summed E-state index contributed by atoms with van der Waals surface area (Å²) in [4.78, 5) is 9.65. The van der Waals surface area contributed by atoms with Crippen LogP contribution in [0.25, 0.3) is 11.3 Å². The molecule has 0 bridgehead atoms. The van der Waals surface area contributed by atoms with Crippen molar-refractivity contribution < 1.29 is 0 Å². The summed E-state index contributed by atoms with van der Waals surface area (Å²) >= 11 is 0. The molecule has 33 heavy (non-hydrogen) atoms. The molecule has 1 fully saturated rings. The summed E-state index contributed by atoms with van der Waals surface area (Å²) in [6, 6.07) is 10.2. The standard InChI is InChI=1S/C24H31N9/c1-17(2)20-15-29-33-23(20)30-22(16-25-10-8-18-12-26-13-18)31-24(33)27-14-19-6-3-4-7-21(19)32-11-5-9-28-32/h3-7,9,11,15,17-18,25-26H,8,10,12-14,16H2,1-2H3,(H,27,30,31). The summed E-state index contributed by atoms with van der Waals surface area (Å²) < 4.78 is 3.69. The molecule has 5 rings (SSSR count). The van der Waals surface area contributed by atoms with Gasteiger partial charge in [-0.05, 0) is 55.6 Å². The van der Waals surface area contributed by atoms with Crippen molar-refractivity contribution in [2.45, 2.75) is 39.3 Å². The third-order valence-electron chi connectivity index (χ3n) is 6.12. The van der Waals surface area contributed by atoms with E-state index in [4.69, 9.17) is 9.97 Å². The number of fused-ring (bicyclic) bond motifs is 1. The number of rotatable bonds is 10. The molecule has 1 saturated heterocycles. The van der Waals surface area contributed by atoms with Crippen LogP contribution in [0.4, 0.5) is 5.95 Å². The molecule has 0 atom stereocenters. The fourth-order valence-electron chi connectivity index (χ4n) is 4.07. The molecular weight excluding hydrogens is 414 g/mol. The molecule has 4 aromatic rings. The molecule has 9 nitrogen and oxygen atoms in total. The molecule has 4 heterocycles. The minimum atomic E-state index is 0.331. The van der Waals surface area contributed by atoms with Crippen LogP contribution in [-0.2, 0) is 13.1 Å². The van der Waals surface area contributed by atoms with Crippen LogP contribution < -0.4 is 16.0 Å². The summed E-state index contributed by atoms with van der Waals surface area (Å²) in [6.45, 7) is 8.79. The Hall–Kier alpha value is -3.30. The molecule has 1 aliphatic heterocycles. The van der Waals surface area contributed by atoms with Crippen molar-refractivity contribution in [1.29, 1.82) is 0 Å². The van der Waals surface area contributed by atoms with Crippen LogP contribution in [0.15, 0.2) is 48.9 Å². The molecule has 3 N–H and O–H groups in total. The highest BCUT2D eigenvalue weighted by Gasteiger charge is 2.17. The second-order valence-electron chi connectivity index (χ2n) is 8.88. The lowest BCUT2D eigenvalue weighted by atomic mass is 10.00. The van der Waals surface area contributed by atoms with Crippen LogP contribution in [0.5, 0.6) is 0 Å². The minimum Gasteiger partial charge on any atom is -0.350 e. The van der Waals surface area contributed by atoms with Crippen molar-refractivity contribution in [2.75, 3.05) is 25.0 Å². The van der Waals surface area contributed by atoms with Gasteiger partial charge in [0.25, 0.3) is 0 Å². The Morgan fingerprint density at radius 3 is 2.73 bits per heavy atom. The normalized spacial score (nSPS) is 14.2. The van der Waals surface area contributed by atoms with E-state index in [1.807, 2.05) is 39.8 Å². The molecule has 0 radical (unpaired) electrons. The third kappa shape index (κ3) is 4.74. The number of hydrogen-bond donors (Lipinski definition) is 3. The Kier molecular flexibility index (Phi) is 6.32. The summed E-state index contributed by atoms with van der Waals surface area (Å²) in [5, 5.41) is 19.3. The molecule has 1 aliphatic rings. The summed E-state index contributed by atoms with van der Waals surface area (Å²) in [5.74, 6) is 2.59. The Morgan fingerprint density at radius 2 is 1.97 bits per heavy atom. The van der Waals surface area contributed by atoms with Gasteiger partial charge in [0.05, 0.1) is 18.4 Å². The SMILES string of the molecule is CC(C)c1cnn2c(NCc3ccccc3-n3cccn3)nc(CNCCC3CNC3)nc12. The maximum atomic E-state index is 4.84. The number of hydrogen-bond acceptors (Lipinski definition) is 7. The molecule has 1 aromatic carbocycles. The molecule has 0 aliphatic carbocycles. The summed E-state index contributed by atoms with van der Waals surface area (Å²) in [6.07, 6.45) is 6.82. The largest absolute Gasteiger partial charge is 0.350 e. The van der Waals surface area contributed by atoms with Crippen LogP contribution in [0.1, 0.15) is 43.1 Å². The Labute approximate surface area is 193 Å². The Morgan fingerprint density at radius 1 is 1.09 bits per heavy atom. The zero-order chi connectivity index (χ0) is 22.6. The number of nitrogens with zero attached hydrogens (tertiary/aromatic N) is 6. The highest BCUT2D eigenvalue weighted by atomic mass is 15.4. The van der Waals surface area contributed by atoms with E-state index >= 15 is 0 Å². The number of benzene rings is 1. The van der Waals surface area contributed by atoms with Crippen molar-refractivity contribution in [3.63, 3.8) is 0 Å². The zero-order valence-electron chi connectivity index (χ0n) is 19.2. The van der Waals surface area contributed by atoms with E-state index in [9.17, 15) is 0 Å². The molecular formula is C24H31N9. The smallest absolute Gasteiger partial charge is 0.227 e. The van der Waals surface area contributed by atoms with Gasteiger partial charge in [-0.3, -0.25) is 0 Å². The first-order chi connectivity index (χ1) is 16.2. The highest BCUT2D eigenvalue weighted by molar-refractivity contribution is 5.52. The zero-order valence-corrected chi connectivity index (χ0v) is 19.2. The van der Waals surface area contributed by atoms with Crippen molar-refractivity contribution >= 4 is 11.6 Å². The molecule has 0 saturated carbocycles. The predicted octanol–water partition coefficient (Wildman–Crippen LogP) is 2.74. The third-order valence-corrected chi connectivity index (χ3v) is 6.12. The van der Waals surface area contributed by atoms with E-state index in [1.54, 1.807) is 6.20 Å². The van der Waals surface area contributed by atoms with E-state index in [-0.39, 0.29) is 0 Å². The Bertz CT molecular complexity index is 1190. The maximum Gasteiger partial charge on any atom is 0.227 e. The minimum absolute atomic E-state index is 0.331. The average Bonchev–Trinajstić information content (AvgIpc) is 3.46. The molecule has 172 valence electrons. The lowest BCUT2D eigenvalue weighted by Gasteiger charge is -2.26. The van der Waals surface area contributed by atoms with Gasteiger partial charge in [0, 0.05) is 24.5 Å². The van der Waals surface area contributed by atoms with Crippen molar-refractivity contribution in [1.82, 2.24) is 40.0 Å². The fraction of sp³-hybridized carbons (Fsp3) is 0.417. The van der Waals surface area contributed by atoms with Crippen LogP contribution in [-0.4, -0.2) is 49.0 Å². The van der Waals surface area contributed by atoms with Crippen molar-refractivity contribution in [3.8, 4) is 5.69 Å². The van der Waals surface area contributed by atoms with Crippen molar-refractivity contribution in [2.24, 2.45) is 5.92 Å². The van der Waals surface area contributed by atoms with Gasteiger partial charge in [-0.25, -0.2) is 9.67 Å². The second kappa shape index (κ2) is 9.68. The van der Waals surface area contributed by atoms with Gasteiger partial charge in [-0.15, -0.1) is 0 Å². The number of para-hydroxylation sites is 1. The highest BCUT2D eigenvalue weighted by Crippen LogP contribution is 2.22. The second-order valence-corrected chi connectivity index (χ2v) is 8.88.